The molecule has 2 aliphatic rings. The van der Waals surface area contributed by atoms with Gasteiger partial charge < -0.3 is 10.6 Å². The van der Waals surface area contributed by atoms with Crippen LogP contribution in [0, 0.1) is 0 Å². The first-order valence-corrected chi connectivity index (χ1v) is 20.4. The van der Waals surface area contributed by atoms with Gasteiger partial charge in [0, 0.05) is 22.3 Å². The van der Waals surface area contributed by atoms with Crippen LogP contribution in [0.15, 0.2) is 233 Å². The van der Waals surface area contributed by atoms with Crippen LogP contribution in [0.4, 0.5) is 0 Å². The van der Waals surface area contributed by atoms with Gasteiger partial charge in [0.2, 0.25) is 0 Å². The van der Waals surface area contributed by atoms with Crippen LogP contribution < -0.4 is 16.0 Å². The second kappa shape index (κ2) is 16.7. The van der Waals surface area contributed by atoms with Gasteiger partial charge in [0.1, 0.15) is 30.2 Å². The van der Waals surface area contributed by atoms with Crippen molar-refractivity contribution in [3.8, 4) is 33.4 Å². The SMILES string of the molecule is c1ccc(C2=NC(c3ccccc3-c3ccc(-c4cccc(C5N=C(c6ccccc6)NC(c6ccccc6)N5)c4)cc3-c3ccccc3)NC(c3ccccc3)=N2)cc1. The van der Waals surface area contributed by atoms with Gasteiger partial charge >= 0.3 is 0 Å². The summed E-state index contributed by atoms with van der Waals surface area (Å²) in [7, 11) is 0. The van der Waals surface area contributed by atoms with E-state index in [1.54, 1.807) is 0 Å². The van der Waals surface area contributed by atoms with Crippen molar-refractivity contribution < 1.29 is 0 Å². The normalized spacial score (nSPS) is 17.3. The van der Waals surface area contributed by atoms with Gasteiger partial charge in [0.05, 0.1) is 0 Å². The van der Waals surface area contributed by atoms with Crippen molar-refractivity contribution in [2.45, 2.75) is 18.5 Å². The first-order valence-electron chi connectivity index (χ1n) is 20.4. The lowest BCUT2D eigenvalue weighted by molar-refractivity contribution is 0.409. The van der Waals surface area contributed by atoms with E-state index in [2.05, 4.69) is 186 Å². The Morgan fingerprint density at radius 1 is 0.333 bits per heavy atom. The fraction of sp³-hybridized carbons (Fsp3) is 0.0556. The molecule has 3 atom stereocenters. The average molecular weight is 775 g/mol. The van der Waals surface area contributed by atoms with Crippen LogP contribution in [0.3, 0.4) is 0 Å². The fourth-order valence-corrected chi connectivity index (χ4v) is 8.04. The highest BCUT2D eigenvalue weighted by molar-refractivity contribution is 6.13. The number of aliphatic imine (C=N–C) groups is 3. The summed E-state index contributed by atoms with van der Waals surface area (Å²) >= 11 is 0. The summed E-state index contributed by atoms with van der Waals surface area (Å²) in [6.07, 6.45) is -0.749. The molecule has 2 aliphatic heterocycles. The minimum atomic E-state index is -0.373. The molecular formula is C54H42N6. The lowest BCUT2D eigenvalue weighted by Gasteiger charge is -2.32. The molecular weight excluding hydrogens is 733 g/mol. The van der Waals surface area contributed by atoms with Crippen molar-refractivity contribution in [2.24, 2.45) is 15.0 Å². The summed E-state index contributed by atoms with van der Waals surface area (Å²) in [5.41, 5.74) is 13.1. The molecule has 3 unspecified atom stereocenters. The lowest BCUT2D eigenvalue weighted by atomic mass is 9.88. The van der Waals surface area contributed by atoms with Gasteiger partial charge in [0.15, 0.2) is 5.84 Å². The first kappa shape index (κ1) is 36.7. The van der Waals surface area contributed by atoms with E-state index in [-0.39, 0.29) is 18.5 Å². The maximum Gasteiger partial charge on any atom is 0.159 e. The van der Waals surface area contributed by atoms with Crippen molar-refractivity contribution in [1.29, 1.82) is 0 Å². The van der Waals surface area contributed by atoms with Gasteiger partial charge in [-0.1, -0.05) is 206 Å². The van der Waals surface area contributed by atoms with Gasteiger partial charge in [-0.2, -0.15) is 0 Å². The molecule has 8 aromatic rings. The lowest BCUT2D eigenvalue weighted by Crippen LogP contribution is -2.44. The highest BCUT2D eigenvalue weighted by atomic mass is 15.3. The zero-order chi connectivity index (χ0) is 40.1. The Labute approximate surface area is 350 Å². The van der Waals surface area contributed by atoms with Crippen molar-refractivity contribution in [3.05, 3.63) is 252 Å². The molecule has 60 heavy (non-hydrogen) atoms. The molecule has 0 bridgehead atoms. The van der Waals surface area contributed by atoms with Gasteiger partial charge in [-0.05, 0) is 56.6 Å². The van der Waals surface area contributed by atoms with Crippen molar-refractivity contribution in [1.82, 2.24) is 16.0 Å². The molecule has 10 rings (SSSR count). The van der Waals surface area contributed by atoms with Crippen LogP contribution in [-0.4, -0.2) is 17.5 Å². The number of amidine groups is 3. The average Bonchev–Trinajstić information content (AvgIpc) is 3.35. The highest BCUT2D eigenvalue weighted by Crippen LogP contribution is 2.40. The minimum absolute atomic E-state index is 0.113. The molecule has 0 saturated heterocycles. The molecule has 0 aliphatic carbocycles. The molecule has 3 N–H and O–H groups in total. The van der Waals surface area contributed by atoms with E-state index in [1.807, 2.05) is 48.5 Å². The third-order valence-corrected chi connectivity index (χ3v) is 11.1. The zero-order valence-corrected chi connectivity index (χ0v) is 32.9. The summed E-state index contributed by atoms with van der Waals surface area (Å²) in [4.78, 5) is 15.5. The molecule has 8 aromatic carbocycles. The molecule has 0 saturated carbocycles. The Hall–Kier alpha value is -7.67. The monoisotopic (exact) mass is 774 g/mol. The number of hydrogen-bond acceptors (Lipinski definition) is 6. The Morgan fingerprint density at radius 3 is 1.58 bits per heavy atom. The summed E-state index contributed by atoms with van der Waals surface area (Å²) < 4.78 is 0. The van der Waals surface area contributed by atoms with E-state index >= 15 is 0 Å². The topological polar surface area (TPSA) is 73.2 Å². The molecule has 288 valence electrons. The minimum Gasteiger partial charge on any atom is -0.350 e. The van der Waals surface area contributed by atoms with Crippen LogP contribution in [0.1, 0.15) is 51.9 Å². The van der Waals surface area contributed by atoms with Crippen LogP contribution in [0.2, 0.25) is 0 Å². The second-order valence-electron chi connectivity index (χ2n) is 14.9. The quantitative estimate of drug-likeness (QED) is 0.137. The molecule has 6 nitrogen and oxygen atoms in total. The Kier molecular flexibility index (Phi) is 10.2. The number of nitrogens with zero attached hydrogens (tertiary/aromatic N) is 3. The predicted molar refractivity (Wildman–Crippen MR) is 246 cm³/mol. The molecule has 0 fully saturated rings. The molecule has 2 heterocycles. The number of nitrogens with one attached hydrogen (secondary N) is 3. The maximum absolute atomic E-state index is 5.25. The van der Waals surface area contributed by atoms with E-state index < -0.39 is 0 Å². The highest BCUT2D eigenvalue weighted by Gasteiger charge is 2.27. The Balaban J connectivity index is 1.05. The molecule has 0 aromatic heterocycles. The van der Waals surface area contributed by atoms with Crippen molar-refractivity contribution in [3.63, 3.8) is 0 Å². The van der Waals surface area contributed by atoms with E-state index in [0.29, 0.717) is 5.84 Å². The second-order valence-corrected chi connectivity index (χ2v) is 14.9. The molecule has 0 radical (unpaired) electrons. The Bertz CT molecular complexity index is 2840. The van der Waals surface area contributed by atoms with Gasteiger partial charge in [-0.25, -0.2) is 15.0 Å². The van der Waals surface area contributed by atoms with Gasteiger partial charge in [-0.3, -0.25) is 5.32 Å². The largest absolute Gasteiger partial charge is 0.350 e. The van der Waals surface area contributed by atoms with E-state index in [4.69, 9.17) is 15.0 Å². The van der Waals surface area contributed by atoms with Crippen LogP contribution in [-0.2, 0) is 0 Å². The molecule has 0 spiro atoms. The summed E-state index contributed by atoms with van der Waals surface area (Å²) in [5, 5.41) is 11.1. The zero-order valence-electron chi connectivity index (χ0n) is 32.9. The third-order valence-electron chi connectivity index (χ3n) is 11.1. The van der Waals surface area contributed by atoms with Crippen molar-refractivity contribution in [2.75, 3.05) is 0 Å². The Morgan fingerprint density at radius 2 is 0.883 bits per heavy atom. The van der Waals surface area contributed by atoms with Crippen LogP contribution in [0.25, 0.3) is 33.4 Å². The number of hydrogen-bond donors (Lipinski definition) is 3. The van der Waals surface area contributed by atoms with E-state index in [1.165, 1.54) is 0 Å². The molecule has 0 amide bonds. The fourth-order valence-electron chi connectivity index (χ4n) is 8.04. The standard InChI is InChI=1S/C54H42N6/c1-6-19-37(20-7-1)48-36-43(42-29-18-30-44(35-42)53-57-49(38-21-8-2-9-22-38)55-50(58-53)39-23-10-3-11-24-39)33-34-46(48)45-31-16-17-32-47(45)54-59-51(40-25-12-4-13-26-40)56-52(60-54)41-27-14-5-15-28-41/h1-36,49,53-54,57H,(H,55,58)(H,56,59,60). The van der Waals surface area contributed by atoms with Gasteiger partial charge in [-0.15, -0.1) is 0 Å². The van der Waals surface area contributed by atoms with Crippen LogP contribution in [0.5, 0.6) is 0 Å². The summed E-state index contributed by atoms with van der Waals surface area (Å²) in [5.74, 6) is 2.36. The maximum atomic E-state index is 5.25. The van der Waals surface area contributed by atoms with Crippen molar-refractivity contribution >= 4 is 17.5 Å². The molecule has 6 heteroatoms. The van der Waals surface area contributed by atoms with E-state index in [0.717, 1.165) is 78.4 Å². The number of rotatable bonds is 9. The predicted octanol–water partition coefficient (Wildman–Crippen LogP) is 11.5. The van der Waals surface area contributed by atoms with Crippen LogP contribution >= 0.6 is 0 Å². The summed E-state index contributed by atoms with van der Waals surface area (Å²) in [6.45, 7) is 0. The van der Waals surface area contributed by atoms with E-state index in [9.17, 15) is 0 Å². The third kappa shape index (κ3) is 7.67. The first-order chi connectivity index (χ1) is 29.7. The smallest absolute Gasteiger partial charge is 0.159 e. The summed E-state index contributed by atoms with van der Waals surface area (Å²) in [6, 6.07) is 76.2. The van der Waals surface area contributed by atoms with Gasteiger partial charge in [0.25, 0.3) is 0 Å². The number of benzene rings is 8.